The molecule has 2 aromatic rings. The summed E-state index contributed by atoms with van der Waals surface area (Å²) in [5, 5.41) is 4.61. The molecule has 0 saturated carbocycles. The molecule has 2 rings (SSSR count). The van der Waals surface area contributed by atoms with Crippen LogP contribution in [0.25, 0.3) is 0 Å². The van der Waals surface area contributed by atoms with E-state index in [2.05, 4.69) is 10.6 Å². The molecule has 0 aromatic heterocycles. The fourth-order valence-electron chi connectivity index (χ4n) is 2.35. The number of amides is 3. The fourth-order valence-corrected chi connectivity index (χ4v) is 2.35. The van der Waals surface area contributed by atoms with Gasteiger partial charge in [0.05, 0.1) is 6.42 Å². The molecule has 0 unspecified atom stereocenters. The normalized spacial score (nSPS) is 10.1. The lowest BCUT2D eigenvalue weighted by Gasteiger charge is -2.09. The number of hydrogen-bond acceptors (Lipinski definition) is 5. The summed E-state index contributed by atoms with van der Waals surface area (Å²) in [6.45, 7) is 3.26. The number of imide groups is 1. The van der Waals surface area contributed by atoms with Gasteiger partial charge in [0.15, 0.2) is 12.4 Å². The summed E-state index contributed by atoms with van der Waals surface area (Å²) in [5.41, 5.74) is 3.14. The minimum absolute atomic E-state index is 0.0161. The van der Waals surface area contributed by atoms with Gasteiger partial charge in [0.25, 0.3) is 5.91 Å². The Morgan fingerprint density at radius 2 is 1.61 bits per heavy atom. The van der Waals surface area contributed by atoms with Crippen LogP contribution in [-0.4, -0.2) is 30.3 Å². The van der Waals surface area contributed by atoms with Crippen molar-refractivity contribution in [1.29, 1.82) is 0 Å². The van der Waals surface area contributed by atoms with Crippen molar-refractivity contribution in [2.45, 2.75) is 26.7 Å². The highest BCUT2D eigenvalue weighted by Gasteiger charge is 2.13. The van der Waals surface area contributed by atoms with E-state index in [9.17, 15) is 19.2 Å². The van der Waals surface area contributed by atoms with Gasteiger partial charge in [-0.15, -0.1) is 0 Å². The third kappa shape index (κ3) is 6.68. The molecule has 2 N–H and O–H groups in total. The summed E-state index contributed by atoms with van der Waals surface area (Å²) >= 11 is 0. The Hall–Kier alpha value is -3.48. The summed E-state index contributed by atoms with van der Waals surface area (Å²) in [7, 11) is 0. The molecule has 3 amide bonds. The van der Waals surface area contributed by atoms with Gasteiger partial charge in [0.2, 0.25) is 0 Å². The summed E-state index contributed by atoms with van der Waals surface area (Å²) < 4.78 is 4.79. The number of aryl methyl sites for hydroxylation is 2. The molecule has 0 fully saturated rings. The number of ether oxygens (including phenoxy) is 1. The number of nitrogens with one attached hydrogen (secondary N) is 2. The standard InChI is InChI=1S/C21H22N2O5/c1-14-8-9-17(12-15(14)2)22-21(27)23-19(25)13-28-20(26)11-10-18(24)16-6-4-3-5-7-16/h3-9,12H,10-11,13H2,1-2H3,(H2,22,23,25,27). The van der Waals surface area contributed by atoms with Crippen molar-refractivity contribution < 1.29 is 23.9 Å². The van der Waals surface area contributed by atoms with E-state index in [0.29, 0.717) is 11.3 Å². The number of Topliss-reactive ketones (excluding diaryl/α,β-unsaturated/α-hetero) is 1. The van der Waals surface area contributed by atoms with Crippen LogP contribution in [0.4, 0.5) is 10.5 Å². The zero-order chi connectivity index (χ0) is 20.5. The van der Waals surface area contributed by atoms with Gasteiger partial charge in [-0.3, -0.25) is 19.7 Å². The number of carbonyl (C=O) groups excluding carboxylic acids is 4. The molecule has 7 nitrogen and oxygen atoms in total. The maximum absolute atomic E-state index is 11.9. The SMILES string of the molecule is Cc1ccc(NC(=O)NC(=O)COC(=O)CCC(=O)c2ccccc2)cc1C. The van der Waals surface area contributed by atoms with Crippen LogP contribution in [0, 0.1) is 13.8 Å². The van der Waals surface area contributed by atoms with Crippen molar-refractivity contribution in [2.75, 3.05) is 11.9 Å². The zero-order valence-electron chi connectivity index (χ0n) is 15.8. The molecule has 0 saturated heterocycles. The van der Waals surface area contributed by atoms with E-state index in [1.807, 2.05) is 19.9 Å². The first kappa shape index (κ1) is 20.8. The third-order valence-electron chi connectivity index (χ3n) is 4.03. The minimum Gasteiger partial charge on any atom is -0.456 e. The number of carbonyl (C=O) groups is 4. The van der Waals surface area contributed by atoms with Gasteiger partial charge in [-0.05, 0) is 37.1 Å². The average molecular weight is 382 g/mol. The molecule has 0 aliphatic carbocycles. The third-order valence-corrected chi connectivity index (χ3v) is 4.03. The lowest BCUT2D eigenvalue weighted by atomic mass is 10.1. The Labute approximate surface area is 163 Å². The molecule has 2 aromatic carbocycles. The van der Waals surface area contributed by atoms with Crippen LogP contribution >= 0.6 is 0 Å². The molecular weight excluding hydrogens is 360 g/mol. The number of urea groups is 1. The van der Waals surface area contributed by atoms with Gasteiger partial charge in [-0.2, -0.15) is 0 Å². The summed E-state index contributed by atoms with van der Waals surface area (Å²) in [5.74, 6) is -1.63. The van der Waals surface area contributed by atoms with Gasteiger partial charge in [0.1, 0.15) is 0 Å². The topological polar surface area (TPSA) is 102 Å². The lowest BCUT2D eigenvalue weighted by Crippen LogP contribution is -2.37. The molecule has 7 heteroatoms. The molecule has 0 heterocycles. The van der Waals surface area contributed by atoms with Crippen molar-refractivity contribution >= 4 is 29.4 Å². The molecular formula is C21H22N2O5. The minimum atomic E-state index is -0.760. The van der Waals surface area contributed by atoms with Gasteiger partial charge in [-0.25, -0.2) is 4.79 Å². The predicted molar refractivity (Wildman–Crippen MR) is 104 cm³/mol. The number of ketones is 1. The summed E-state index contributed by atoms with van der Waals surface area (Å²) in [4.78, 5) is 47.1. The maximum atomic E-state index is 11.9. The molecule has 0 spiro atoms. The van der Waals surface area contributed by atoms with E-state index in [4.69, 9.17) is 4.74 Å². The Balaban J connectivity index is 1.69. The smallest absolute Gasteiger partial charge is 0.325 e. The van der Waals surface area contributed by atoms with Crippen LogP contribution in [0.15, 0.2) is 48.5 Å². The van der Waals surface area contributed by atoms with Gasteiger partial charge in [-0.1, -0.05) is 36.4 Å². The number of rotatable bonds is 7. The summed E-state index contributed by atoms with van der Waals surface area (Å²) in [6.07, 6.45) is -0.159. The molecule has 146 valence electrons. The van der Waals surface area contributed by atoms with E-state index in [1.54, 1.807) is 42.5 Å². The number of benzene rings is 2. The fraction of sp³-hybridized carbons (Fsp3) is 0.238. The first-order valence-electron chi connectivity index (χ1n) is 8.77. The Kier molecular flexibility index (Phi) is 7.45. The van der Waals surface area contributed by atoms with Crippen LogP contribution in [0.1, 0.15) is 34.3 Å². The van der Waals surface area contributed by atoms with Crippen LogP contribution in [-0.2, 0) is 14.3 Å². The summed E-state index contributed by atoms with van der Waals surface area (Å²) in [6, 6.07) is 13.2. The van der Waals surface area contributed by atoms with Crippen molar-refractivity contribution in [3.63, 3.8) is 0 Å². The van der Waals surface area contributed by atoms with E-state index in [1.165, 1.54) is 0 Å². The Bertz CT molecular complexity index is 878. The van der Waals surface area contributed by atoms with Gasteiger partial charge < -0.3 is 10.1 Å². The molecule has 0 atom stereocenters. The maximum Gasteiger partial charge on any atom is 0.325 e. The van der Waals surface area contributed by atoms with Gasteiger partial charge in [0, 0.05) is 17.7 Å². The molecule has 0 bridgehead atoms. The predicted octanol–water partition coefficient (Wildman–Crippen LogP) is 3.16. The van der Waals surface area contributed by atoms with E-state index in [0.717, 1.165) is 11.1 Å². The number of hydrogen-bond donors (Lipinski definition) is 2. The molecule has 28 heavy (non-hydrogen) atoms. The second-order valence-corrected chi connectivity index (χ2v) is 6.25. The van der Waals surface area contributed by atoms with Crippen LogP contribution in [0.5, 0.6) is 0 Å². The number of esters is 1. The Morgan fingerprint density at radius 3 is 2.29 bits per heavy atom. The second kappa shape index (κ2) is 10.0. The van der Waals surface area contributed by atoms with Crippen LogP contribution in [0.3, 0.4) is 0 Å². The van der Waals surface area contributed by atoms with E-state index < -0.39 is 24.5 Å². The first-order chi connectivity index (χ1) is 13.3. The molecule has 0 radical (unpaired) electrons. The molecule has 0 aliphatic rings. The lowest BCUT2D eigenvalue weighted by molar-refractivity contribution is -0.148. The van der Waals surface area contributed by atoms with Crippen molar-refractivity contribution in [3.05, 3.63) is 65.2 Å². The quantitative estimate of drug-likeness (QED) is 0.566. The highest BCUT2D eigenvalue weighted by molar-refractivity contribution is 6.02. The van der Waals surface area contributed by atoms with Crippen molar-refractivity contribution in [1.82, 2.24) is 5.32 Å². The van der Waals surface area contributed by atoms with Crippen LogP contribution in [0.2, 0.25) is 0 Å². The Morgan fingerprint density at radius 1 is 0.893 bits per heavy atom. The van der Waals surface area contributed by atoms with Crippen molar-refractivity contribution in [2.24, 2.45) is 0 Å². The van der Waals surface area contributed by atoms with Crippen molar-refractivity contribution in [3.8, 4) is 0 Å². The highest BCUT2D eigenvalue weighted by Crippen LogP contribution is 2.13. The van der Waals surface area contributed by atoms with E-state index in [-0.39, 0.29) is 18.6 Å². The monoisotopic (exact) mass is 382 g/mol. The van der Waals surface area contributed by atoms with Crippen LogP contribution < -0.4 is 10.6 Å². The second-order valence-electron chi connectivity index (χ2n) is 6.25. The zero-order valence-corrected chi connectivity index (χ0v) is 15.8. The van der Waals surface area contributed by atoms with Gasteiger partial charge >= 0.3 is 12.0 Å². The average Bonchev–Trinajstić information content (AvgIpc) is 2.68. The highest BCUT2D eigenvalue weighted by atomic mass is 16.5. The molecule has 0 aliphatic heterocycles. The first-order valence-corrected chi connectivity index (χ1v) is 8.77. The van der Waals surface area contributed by atoms with E-state index >= 15 is 0 Å². The number of anilines is 1. The largest absolute Gasteiger partial charge is 0.456 e.